The number of hydrogen-bond donors (Lipinski definition) is 0. The molecule has 4 atom stereocenters. The molecule has 55 heavy (non-hydrogen) atoms. The van der Waals surface area contributed by atoms with E-state index in [1.807, 2.05) is 30.3 Å². The van der Waals surface area contributed by atoms with Gasteiger partial charge in [-0.25, -0.2) is 15.0 Å². The van der Waals surface area contributed by atoms with Gasteiger partial charge in [0.15, 0.2) is 17.5 Å². The second-order valence-corrected chi connectivity index (χ2v) is 16.1. The van der Waals surface area contributed by atoms with Crippen LogP contribution in [0.2, 0.25) is 0 Å². The first kappa shape index (κ1) is 34.6. The van der Waals surface area contributed by atoms with Gasteiger partial charge in [0.2, 0.25) is 0 Å². The van der Waals surface area contributed by atoms with Crippen LogP contribution in [0.3, 0.4) is 0 Å². The Morgan fingerprint density at radius 1 is 0.455 bits per heavy atom. The van der Waals surface area contributed by atoms with Gasteiger partial charge < -0.3 is 0 Å². The molecule has 2 bridgehead atoms. The highest BCUT2D eigenvalue weighted by molar-refractivity contribution is 5.81. The number of benzene rings is 6. The first-order valence-electron chi connectivity index (χ1n) is 19.7. The molecule has 4 nitrogen and oxygen atoms in total. The minimum Gasteiger partial charge on any atom is -0.208 e. The molecule has 2 fully saturated rings. The molecule has 4 heteroatoms. The fourth-order valence-corrected chi connectivity index (χ4v) is 9.75. The smallest absolute Gasteiger partial charge is 0.164 e. The molecule has 2 aliphatic rings. The number of nitriles is 1. The van der Waals surface area contributed by atoms with Gasteiger partial charge in [-0.15, -0.1) is 0 Å². The predicted molar refractivity (Wildman–Crippen MR) is 224 cm³/mol. The lowest BCUT2D eigenvalue weighted by Gasteiger charge is -2.50. The van der Waals surface area contributed by atoms with E-state index in [0.29, 0.717) is 23.0 Å². The van der Waals surface area contributed by atoms with Crippen LogP contribution in [0, 0.1) is 29.1 Å². The molecular formula is C51H44N4. The van der Waals surface area contributed by atoms with Crippen molar-refractivity contribution >= 4 is 0 Å². The molecule has 0 radical (unpaired) electrons. The highest BCUT2D eigenvalue weighted by atomic mass is 15.0. The van der Waals surface area contributed by atoms with Gasteiger partial charge in [-0.05, 0) is 131 Å². The zero-order valence-electron chi connectivity index (χ0n) is 31.5. The molecule has 0 amide bonds. The average Bonchev–Trinajstić information content (AvgIpc) is 3.23. The van der Waals surface area contributed by atoms with E-state index in [1.54, 1.807) is 0 Å². The molecule has 0 saturated heterocycles. The largest absolute Gasteiger partial charge is 0.208 e. The monoisotopic (exact) mass is 712 g/mol. The van der Waals surface area contributed by atoms with Gasteiger partial charge in [-0.1, -0.05) is 129 Å². The quantitative estimate of drug-likeness (QED) is 0.165. The first-order chi connectivity index (χ1) is 26.9. The van der Waals surface area contributed by atoms with Crippen molar-refractivity contribution in [3.8, 4) is 73.6 Å². The van der Waals surface area contributed by atoms with Crippen molar-refractivity contribution in [1.29, 1.82) is 5.26 Å². The summed E-state index contributed by atoms with van der Waals surface area (Å²) >= 11 is 0. The van der Waals surface area contributed by atoms with Crippen LogP contribution in [-0.4, -0.2) is 15.0 Å². The number of hydrogen-bond acceptors (Lipinski definition) is 4. The van der Waals surface area contributed by atoms with Gasteiger partial charge in [-0.2, -0.15) is 5.26 Å². The number of rotatable bonds is 7. The number of nitrogens with zero attached hydrogens (tertiary/aromatic N) is 4. The lowest BCUT2D eigenvalue weighted by Crippen LogP contribution is -2.42. The summed E-state index contributed by atoms with van der Waals surface area (Å²) in [5.41, 5.74) is 11.5. The van der Waals surface area contributed by atoms with Crippen LogP contribution in [0.5, 0.6) is 0 Å². The molecule has 2 saturated carbocycles. The van der Waals surface area contributed by atoms with E-state index < -0.39 is 0 Å². The third kappa shape index (κ3) is 7.11. The van der Waals surface area contributed by atoms with Crippen molar-refractivity contribution in [3.05, 3.63) is 163 Å². The van der Waals surface area contributed by atoms with Crippen LogP contribution in [0.4, 0.5) is 0 Å². The Bertz CT molecular complexity index is 2500. The van der Waals surface area contributed by atoms with Crippen molar-refractivity contribution in [2.24, 2.45) is 17.8 Å². The summed E-state index contributed by atoms with van der Waals surface area (Å²) < 4.78 is 0. The van der Waals surface area contributed by atoms with Crippen molar-refractivity contribution < 1.29 is 0 Å². The van der Waals surface area contributed by atoms with Gasteiger partial charge in [-0.3, -0.25) is 0 Å². The molecule has 1 heterocycles. The normalized spacial score (nSPS) is 20.4. The lowest BCUT2D eigenvalue weighted by molar-refractivity contribution is 0.0780. The van der Waals surface area contributed by atoms with Gasteiger partial charge >= 0.3 is 0 Å². The molecule has 9 rings (SSSR count). The molecule has 2 aliphatic carbocycles. The van der Waals surface area contributed by atoms with Crippen LogP contribution in [-0.2, 0) is 5.41 Å². The van der Waals surface area contributed by atoms with Crippen molar-refractivity contribution in [1.82, 2.24) is 15.0 Å². The molecule has 2 unspecified atom stereocenters. The molecule has 7 aromatic rings. The summed E-state index contributed by atoms with van der Waals surface area (Å²) in [4.78, 5) is 15.6. The standard InChI is InChI=1S/C51H44N4/c1-34-23-37-24-35(2)31-51(30-34,32-37)47-21-19-40(20-22-47)48-53-49(43-18-10-17-42(26-43)38-12-5-3-6-13-38)55-50(54-48)46-28-44(39-14-7-4-8-15-39)27-45(29-46)41-16-9-11-36(25-41)33-52/h3-22,25-29,34-35,37H,23-24,30-32H2,1-2H3/t34-,35+,37?,51?. The van der Waals surface area contributed by atoms with Crippen LogP contribution in [0.25, 0.3) is 67.5 Å². The van der Waals surface area contributed by atoms with E-state index in [-0.39, 0.29) is 5.41 Å². The molecule has 6 aromatic carbocycles. The van der Waals surface area contributed by atoms with E-state index >= 15 is 0 Å². The van der Waals surface area contributed by atoms with E-state index in [0.717, 1.165) is 67.8 Å². The van der Waals surface area contributed by atoms with E-state index in [2.05, 4.69) is 141 Å². The Balaban J connectivity index is 1.20. The Hall–Kier alpha value is -6.18. The first-order valence-corrected chi connectivity index (χ1v) is 19.7. The van der Waals surface area contributed by atoms with Crippen molar-refractivity contribution in [2.75, 3.05) is 0 Å². The lowest BCUT2D eigenvalue weighted by atomic mass is 9.54. The van der Waals surface area contributed by atoms with Gasteiger partial charge in [0, 0.05) is 16.7 Å². The van der Waals surface area contributed by atoms with Gasteiger partial charge in [0.1, 0.15) is 0 Å². The fourth-order valence-electron chi connectivity index (χ4n) is 9.75. The fraction of sp³-hybridized carbons (Fsp3) is 0.216. The second kappa shape index (κ2) is 14.6. The molecule has 0 spiro atoms. The Morgan fingerprint density at radius 2 is 0.927 bits per heavy atom. The van der Waals surface area contributed by atoms with Crippen LogP contribution in [0.1, 0.15) is 57.1 Å². The van der Waals surface area contributed by atoms with Crippen molar-refractivity contribution in [2.45, 2.75) is 51.4 Å². The predicted octanol–water partition coefficient (Wildman–Crippen LogP) is 12.8. The molecule has 1 aromatic heterocycles. The summed E-state index contributed by atoms with van der Waals surface area (Å²) in [7, 11) is 0. The Labute approximate surface area is 324 Å². The minimum absolute atomic E-state index is 0.253. The number of fused-ring (bicyclic) bond motifs is 2. The number of aromatic nitrogens is 3. The third-order valence-corrected chi connectivity index (χ3v) is 11.9. The van der Waals surface area contributed by atoms with Gasteiger partial charge in [0.05, 0.1) is 11.6 Å². The zero-order chi connectivity index (χ0) is 37.4. The zero-order valence-corrected chi connectivity index (χ0v) is 31.5. The Morgan fingerprint density at radius 3 is 1.56 bits per heavy atom. The van der Waals surface area contributed by atoms with E-state index in [9.17, 15) is 5.26 Å². The van der Waals surface area contributed by atoms with E-state index in [4.69, 9.17) is 15.0 Å². The third-order valence-electron chi connectivity index (χ3n) is 11.9. The highest BCUT2D eigenvalue weighted by Gasteiger charge is 2.45. The minimum atomic E-state index is 0.253. The maximum atomic E-state index is 9.72. The SMILES string of the molecule is C[C@@H]1CC2C[C@H](C)CC(c3ccc(-c4nc(-c5cccc(-c6ccccc6)c5)nc(-c5cc(-c6ccccc6)cc(-c6cccc(C#N)c6)c5)n4)cc3)(C2)C1. The summed E-state index contributed by atoms with van der Waals surface area (Å²) in [5, 5.41) is 9.72. The summed E-state index contributed by atoms with van der Waals surface area (Å²) in [6.45, 7) is 4.90. The summed E-state index contributed by atoms with van der Waals surface area (Å²) in [6, 6.07) is 55.1. The average molecular weight is 713 g/mol. The molecule has 268 valence electrons. The van der Waals surface area contributed by atoms with Crippen LogP contribution < -0.4 is 0 Å². The second-order valence-electron chi connectivity index (χ2n) is 16.1. The summed E-state index contributed by atoms with van der Waals surface area (Å²) in [6.07, 6.45) is 6.56. The maximum Gasteiger partial charge on any atom is 0.164 e. The van der Waals surface area contributed by atoms with Crippen LogP contribution >= 0.6 is 0 Å². The van der Waals surface area contributed by atoms with Gasteiger partial charge in [0.25, 0.3) is 0 Å². The van der Waals surface area contributed by atoms with Crippen LogP contribution in [0.15, 0.2) is 152 Å². The Kier molecular flexibility index (Phi) is 9.16. The molecule has 0 aliphatic heterocycles. The van der Waals surface area contributed by atoms with E-state index in [1.165, 1.54) is 37.7 Å². The van der Waals surface area contributed by atoms with Crippen molar-refractivity contribution in [3.63, 3.8) is 0 Å². The molecule has 0 N–H and O–H groups in total. The highest BCUT2D eigenvalue weighted by Crippen LogP contribution is 2.54. The molecular weight excluding hydrogens is 669 g/mol. The maximum absolute atomic E-state index is 9.72. The summed E-state index contributed by atoms with van der Waals surface area (Å²) in [5.74, 6) is 4.22. The topological polar surface area (TPSA) is 62.5 Å².